The zero-order valence-electron chi connectivity index (χ0n) is 9.50. The number of nitrogens with zero attached hydrogens (tertiary/aromatic N) is 1. The Hall–Kier alpha value is -0.740. The lowest BCUT2D eigenvalue weighted by atomic mass is 10.1. The molecule has 0 radical (unpaired) electrons. The van der Waals surface area contributed by atoms with E-state index in [9.17, 15) is 0 Å². The predicted molar refractivity (Wildman–Crippen MR) is 70.9 cm³/mol. The van der Waals surface area contributed by atoms with Crippen molar-refractivity contribution in [2.45, 2.75) is 13.3 Å². The lowest BCUT2D eigenvalue weighted by molar-refractivity contribution is 0.152. The van der Waals surface area contributed by atoms with Gasteiger partial charge in [-0.25, -0.2) is 0 Å². The lowest BCUT2D eigenvalue weighted by Crippen LogP contribution is -2.26. The molecule has 0 saturated carbocycles. The molecule has 0 spiro atoms. The summed E-state index contributed by atoms with van der Waals surface area (Å²) in [5.41, 5.74) is 9.06. The summed E-state index contributed by atoms with van der Waals surface area (Å²) in [4.78, 5) is 2.35. The second kappa shape index (κ2) is 5.06. The van der Waals surface area contributed by atoms with Crippen molar-refractivity contribution in [2.75, 3.05) is 36.9 Å². The minimum absolute atomic E-state index is 0.801. The van der Waals surface area contributed by atoms with Crippen LogP contribution in [0.1, 0.15) is 12.0 Å². The van der Waals surface area contributed by atoms with E-state index in [0.29, 0.717) is 0 Å². The van der Waals surface area contributed by atoms with Crippen molar-refractivity contribution >= 4 is 27.3 Å². The number of ether oxygens (including phenoxy) is 1. The van der Waals surface area contributed by atoms with Crippen molar-refractivity contribution in [3.63, 3.8) is 0 Å². The number of hydrogen-bond donors (Lipinski definition) is 1. The molecule has 3 nitrogen and oxygen atoms in total. The van der Waals surface area contributed by atoms with Crippen LogP contribution in [0.5, 0.6) is 0 Å². The third-order valence-corrected chi connectivity index (χ3v) is 3.53. The monoisotopic (exact) mass is 284 g/mol. The summed E-state index contributed by atoms with van der Waals surface area (Å²) in [5.74, 6) is 0. The summed E-state index contributed by atoms with van der Waals surface area (Å²) in [6, 6.07) is 4.13. The zero-order valence-corrected chi connectivity index (χ0v) is 11.1. The second-order valence-electron chi connectivity index (χ2n) is 4.11. The Labute approximate surface area is 105 Å². The van der Waals surface area contributed by atoms with E-state index in [1.54, 1.807) is 0 Å². The second-order valence-corrected chi connectivity index (χ2v) is 4.97. The molecule has 0 amide bonds. The molecule has 88 valence electrons. The summed E-state index contributed by atoms with van der Waals surface area (Å²) < 4.78 is 6.53. The van der Waals surface area contributed by atoms with Gasteiger partial charge in [0.15, 0.2) is 0 Å². The highest BCUT2D eigenvalue weighted by atomic mass is 79.9. The first-order valence-corrected chi connectivity index (χ1v) is 6.36. The minimum atomic E-state index is 0.801. The van der Waals surface area contributed by atoms with Gasteiger partial charge < -0.3 is 15.4 Å². The molecule has 1 heterocycles. The van der Waals surface area contributed by atoms with Crippen LogP contribution in [0, 0.1) is 6.92 Å². The van der Waals surface area contributed by atoms with Crippen molar-refractivity contribution in [1.82, 2.24) is 0 Å². The molecule has 1 aliphatic rings. The average molecular weight is 285 g/mol. The molecule has 4 heteroatoms. The van der Waals surface area contributed by atoms with Gasteiger partial charge in [-0.1, -0.05) is 0 Å². The first-order chi connectivity index (χ1) is 7.68. The number of nitrogen functional groups attached to an aromatic ring is 1. The highest BCUT2D eigenvalue weighted by molar-refractivity contribution is 9.10. The van der Waals surface area contributed by atoms with Gasteiger partial charge in [-0.05, 0) is 47.0 Å². The van der Waals surface area contributed by atoms with Crippen molar-refractivity contribution < 1.29 is 4.74 Å². The van der Waals surface area contributed by atoms with Gasteiger partial charge >= 0.3 is 0 Å². The largest absolute Gasteiger partial charge is 0.398 e. The fourth-order valence-electron chi connectivity index (χ4n) is 1.91. The fraction of sp³-hybridized carbons (Fsp3) is 0.500. The van der Waals surface area contributed by atoms with Crippen LogP contribution in [0.25, 0.3) is 0 Å². The molecule has 1 aromatic carbocycles. The standard InChI is InChI=1S/C12H17BrN2O/c1-9-7-12(10(13)8-11(9)14)15-3-2-5-16-6-4-15/h7-8H,2-6,14H2,1H3. The lowest BCUT2D eigenvalue weighted by Gasteiger charge is -2.24. The summed E-state index contributed by atoms with van der Waals surface area (Å²) in [7, 11) is 0. The Bertz CT molecular complexity index is 374. The highest BCUT2D eigenvalue weighted by Crippen LogP contribution is 2.31. The van der Waals surface area contributed by atoms with Gasteiger partial charge in [-0.3, -0.25) is 0 Å². The molecule has 0 aromatic heterocycles. The molecule has 0 bridgehead atoms. The smallest absolute Gasteiger partial charge is 0.0641 e. The third kappa shape index (κ3) is 2.50. The Morgan fingerprint density at radius 3 is 2.94 bits per heavy atom. The molecule has 1 aliphatic heterocycles. The summed E-state index contributed by atoms with van der Waals surface area (Å²) in [5, 5.41) is 0. The predicted octanol–water partition coefficient (Wildman–Crippen LogP) is 2.57. The molecule has 2 rings (SSSR count). The maximum absolute atomic E-state index is 5.88. The van der Waals surface area contributed by atoms with E-state index in [0.717, 1.165) is 48.4 Å². The SMILES string of the molecule is Cc1cc(N2CCCOCC2)c(Br)cc1N. The van der Waals surface area contributed by atoms with Crippen LogP contribution in [0.2, 0.25) is 0 Å². The number of nitrogens with two attached hydrogens (primary N) is 1. The molecule has 0 aliphatic carbocycles. The first kappa shape index (κ1) is 11.7. The van der Waals surface area contributed by atoms with Crippen LogP contribution in [0.15, 0.2) is 16.6 Å². The van der Waals surface area contributed by atoms with E-state index in [2.05, 4.69) is 26.9 Å². The van der Waals surface area contributed by atoms with Crippen LogP contribution in [0.4, 0.5) is 11.4 Å². The van der Waals surface area contributed by atoms with E-state index in [4.69, 9.17) is 10.5 Å². The fourth-order valence-corrected chi connectivity index (χ4v) is 2.52. The van der Waals surface area contributed by atoms with Gasteiger partial charge in [0.25, 0.3) is 0 Å². The highest BCUT2D eigenvalue weighted by Gasteiger charge is 2.13. The van der Waals surface area contributed by atoms with Crippen molar-refractivity contribution in [3.05, 3.63) is 22.2 Å². The van der Waals surface area contributed by atoms with Gasteiger partial charge in [0, 0.05) is 29.9 Å². The molecule has 1 aromatic rings. The average Bonchev–Trinajstić information content (AvgIpc) is 2.52. The molecule has 0 atom stereocenters. The Morgan fingerprint density at radius 2 is 2.12 bits per heavy atom. The van der Waals surface area contributed by atoms with E-state index in [-0.39, 0.29) is 0 Å². The van der Waals surface area contributed by atoms with E-state index in [1.807, 2.05) is 13.0 Å². The molecular formula is C12H17BrN2O. The van der Waals surface area contributed by atoms with E-state index in [1.165, 1.54) is 5.69 Å². The minimum Gasteiger partial charge on any atom is -0.398 e. The normalized spacial score (nSPS) is 17.2. The van der Waals surface area contributed by atoms with Crippen LogP contribution in [0.3, 0.4) is 0 Å². The van der Waals surface area contributed by atoms with Crippen molar-refractivity contribution in [2.24, 2.45) is 0 Å². The molecule has 16 heavy (non-hydrogen) atoms. The number of rotatable bonds is 1. The van der Waals surface area contributed by atoms with Crippen LogP contribution in [-0.2, 0) is 4.74 Å². The summed E-state index contributed by atoms with van der Waals surface area (Å²) in [6.45, 7) is 5.70. The van der Waals surface area contributed by atoms with Crippen LogP contribution in [-0.4, -0.2) is 26.3 Å². The number of benzene rings is 1. The molecule has 1 fully saturated rings. The van der Waals surface area contributed by atoms with Crippen molar-refractivity contribution in [3.8, 4) is 0 Å². The number of anilines is 2. The van der Waals surface area contributed by atoms with Crippen molar-refractivity contribution in [1.29, 1.82) is 0 Å². The Kier molecular flexibility index (Phi) is 3.71. The zero-order chi connectivity index (χ0) is 11.5. The van der Waals surface area contributed by atoms with Gasteiger partial charge in [-0.15, -0.1) is 0 Å². The molecule has 0 unspecified atom stereocenters. The summed E-state index contributed by atoms with van der Waals surface area (Å²) in [6.07, 6.45) is 1.08. The first-order valence-electron chi connectivity index (χ1n) is 5.57. The van der Waals surface area contributed by atoms with Gasteiger partial charge in [0.2, 0.25) is 0 Å². The summed E-state index contributed by atoms with van der Waals surface area (Å²) >= 11 is 3.58. The molecule has 2 N–H and O–H groups in total. The number of aryl methyl sites for hydroxylation is 1. The maximum atomic E-state index is 5.88. The Balaban J connectivity index is 2.27. The number of halogens is 1. The van der Waals surface area contributed by atoms with Crippen LogP contribution >= 0.6 is 15.9 Å². The topological polar surface area (TPSA) is 38.5 Å². The molecular weight excluding hydrogens is 268 g/mol. The quantitative estimate of drug-likeness (QED) is 0.806. The van der Waals surface area contributed by atoms with Gasteiger partial charge in [-0.2, -0.15) is 0 Å². The number of hydrogen-bond acceptors (Lipinski definition) is 3. The Morgan fingerprint density at radius 1 is 1.31 bits per heavy atom. The third-order valence-electron chi connectivity index (χ3n) is 2.90. The van der Waals surface area contributed by atoms with E-state index >= 15 is 0 Å². The molecule has 1 saturated heterocycles. The maximum Gasteiger partial charge on any atom is 0.0641 e. The van der Waals surface area contributed by atoms with Gasteiger partial charge in [0.05, 0.1) is 12.3 Å². The van der Waals surface area contributed by atoms with E-state index < -0.39 is 0 Å². The van der Waals surface area contributed by atoms with Crippen LogP contribution < -0.4 is 10.6 Å². The van der Waals surface area contributed by atoms with Gasteiger partial charge in [0.1, 0.15) is 0 Å².